The fraction of sp³-hybridized carbons (Fsp3) is 0.417. The Morgan fingerprint density at radius 2 is 2.24 bits per heavy atom. The van der Waals surface area contributed by atoms with Crippen LogP contribution in [0.5, 0.6) is 0 Å². The SMILES string of the molecule is CCOC(=O)C(F)C(O)c1ccc(Cl)cc1C. The van der Waals surface area contributed by atoms with Gasteiger partial charge in [-0.1, -0.05) is 17.7 Å². The first-order valence-electron chi connectivity index (χ1n) is 5.22. The fourth-order valence-electron chi connectivity index (χ4n) is 1.48. The van der Waals surface area contributed by atoms with Crippen LogP contribution in [-0.2, 0) is 9.53 Å². The van der Waals surface area contributed by atoms with E-state index in [1.807, 2.05) is 0 Å². The van der Waals surface area contributed by atoms with Crippen molar-refractivity contribution in [2.75, 3.05) is 6.61 Å². The first kappa shape index (κ1) is 13.9. The number of rotatable bonds is 4. The number of halogens is 2. The average Bonchev–Trinajstić information content (AvgIpc) is 2.27. The van der Waals surface area contributed by atoms with Gasteiger partial charge in [0, 0.05) is 5.02 Å². The van der Waals surface area contributed by atoms with Gasteiger partial charge in [0.1, 0.15) is 6.10 Å². The van der Waals surface area contributed by atoms with E-state index in [1.165, 1.54) is 12.1 Å². The Morgan fingerprint density at radius 3 is 2.76 bits per heavy atom. The molecule has 1 N–H and O–H groups in total. The van der Waals surface area contributed by atoms with Crippen LogP contribution in [0.25, 0.3) is 0 Å². The molecule has 0 fully saturated rings. The summed E-state index contributed by atoms with van der Waals surface area (Å²) in [6.07, 6.45) is -3.62. The highest BCUT2D eigenvalue weighted by Gasteiger charge is 2.29. The number of benzene rings is 1. The molecule has 2 atom stereocenters. The van der Waals surface area contributed by atoms with Crippen LogP contribution in [0.1, 0.15) is 24.2 Å². The quantitative estimate of drug-likeness (QED) is 0.847. The maximum Gasteiger partial charge on any atom is 0.343 e. The molecule has 2 unspecified atom stereocenters. The van der Waals surface area contributed by atoms with Crippen LogP contribution in [0.3, 0.4) is 0 Å². The predicted octanol–water partition coefficient (Wildman–Crippen LogP) is 2.58. The van der Waals surface area contributed by atoms with E-state index in [2.05, 4.69) is 4.74 Å². The van der Waals surface area contributed by atoms with Crippen LogP contribution < -0.4 is 0 Å². The summed E-state index contributed by atoms with van der Waals surface area (Å²) in [5.41, 5.74) is 0.951. The molecule has 0 spiro atoms. The Balaban J connectivity index is 2.88. The highest BCUT2D eigenvalue weighted by Crippen LogP contribution is 2.25. The third-order valence-electron chi connectivity index (χ3n) is 2.34. The lowest BCUT2D eigenvalue weighted by atomic mass is 10.0. The van der Waals surface area contributed by atoms with Crippen LogP contribution in [-0.4, -0.2) is 23.9 Å². The number of ether oxygens (including phenoxy) is 1. The molecule has 1 rings (SSSR count). The molecule has 0 bridgehead atoms. The van der Waals surface area contributed by atoms with Gasteiger partial charge in [0.2, 0.25) is 6.17 Å². The topological polar surface area (TPSA) is 46.5 Å². The fourth-order valence-corrected chi connectivity index (χ4v) is 1.71. The maximum absolute atomic E-state index is 13.6. The molecule has 3 nitrogen and oxygen atoms in total. The van der Waals surface area contributed by atoms with Crippen molar-refractivity contribution in [3.05, 3.63) is 34.3 Å². The third kappa shape index (κ3) is 3.41. The van der Waals surface area contributed by atoms with Gasteiger partial charge in [0.25, 0.3) is 0 Å². The summed E-state index contributed by atoms with van der Waals surface area (Å²) in [6, 6.07) is 4.62. The van der Waals surface area contributed by atoms with Crippen LogP contribution in [0.15, 0.2) is 18.2 Å². The van der Waals surface area contributed by atoms with Crippen molar-refractivity contribution in [1.29, 1.82) is 0 Å². The molecule has 0 amide bonds. The van der Waals surface area contributed by atoms with E-state index in [9.17, 15) is 14.3 Å². The van der Waals surface area contributed by atoms with Crippen molar-refractivity contribution in [3.63, 3.8) is 0 Å². The van der Waals surface area contributed by atoms with E-state index in [0.29, 0.717) is 16.1 Å². The molecule has 0 heterocycles. The number of aryl methyl sites for hydroxylation is 1. The van der Waals surface area contributed by atoms with E-state index in [-0.39, 0.29) is 6.61 Å². The molecule has 0 aliphatic rings. The molecule has 0 aliphatic heterocycles. The summed E-state index contributed by atoms with van der Waals surface area (Å²) in [4.78, 5) is 11.2. The highest BCUT2D eigenvalue weighted by atomic mass is 35.5. The van der Waals surface area contributed by atoms with Crippen LogP contribution in [0, 0.1) is 6.92 Å². The van der Waals surface area contributed by atoms with E-state index in [1.54, 1.807) is 19.9 Å². The summed E-state index contributed by atoms with van der Waals surface area (Å²) < 4.78 is 18.1. The predicted molar refractivity (Wildman–Crippen MR) is 62.7 cm³/mol. The third-order valence-corrected chi connectivity index (χ3v) is 2.57. The minimum Gasteiger partial charge on any atom is -0.464 e. The van der Waals surface area contributed by atoms with Gasteiger partial charge in [-0.15, -0.1) is 0 Å². The summed E-state index contributed by atoms with van der Waals surface area (Å²) in [6.45, 7) is 3.33. The molecule has 17 heavy (non-hydrogen) atoms. The van der Waals surface area contributed by atoms with Crippen molar-refractivity contribution in [2.45, 2.75) is 26.1 Å². The molecule has 0 saturated heterocycles. The van der Waals surface area contributed by atoms with E-state index >= 15 is 0 Å². The van der Waals surface area contributed by atoms with Gasteiger partial charge in [-0.2, -0.15) is 0 Å². The lowest BCUT2D eigenvalue weighted by molar-refractivity contribution is -0.153. The smallest absolute Gasteiger partial charge is 0.343 e. The van der Waals surface area contributed by atoms with Crippen LogP contribution >= 0.6 is 11.6 Å². The lowest BCUT2D eigenvalue weighted by Crippen LogP contribution is -2.26. The van der Waals surface area contributed by atoms with Crippen molar-refractivity contribution in [2.24, 2.45) is 0 Å². The van der Waals surface area contributed by atoms with Crippen molar-refractivity contribution < 1.29 is 19.0 Å². The zero-order chi connectivity index (χ0) is 13.0. The first-order valence-corrected chi connectivity index (χ1v) is 5.60. The summed E-state index contributed by atoms with van der Waals surface area (Å²) in [5.74, 6) is -1.06. The number of alkyl halides is 1. The summed E-state index contributed by atoms with van der Waals surface area (Å²) >= 11 is 5.75. The van der Waals surface area contributed by atoms with Gasteiger partial charge in [-0.05, 0) is 37.1 Å². The number of hydrogen-bond donors (Lipinski definition) is 1. The standard InChI is InChI=1S/C12H14ClFO3/c1-3-17-12(16)10(14)11(15)9-5-4-8(13)6-7(9)2/h4-6,10-11,15H,3H2,1-2H3. The molecular weight excluding hydrogens is 247 g/mol. The Kier molecular flexibility index (Phi) is 4.90. The number of aliphatic hydroxyl groups excluding tert-OH is 1. The lowest BCUT2D eigenvalue weighted by Gasteiger charge is -2.16. The minimum atomic E-state index is -2.09. The van der Waals surface area contributed by atoms with Gasteiger partial charge in [-0.3, -0.25) is 0 Å². The van der Waals surface area contributed by atoms with Crippen molar-refractivity contribution in [3.8, 4) is 0 Å². The molecular formula is C12H14ClFO3. The second kappa shape index (κ2) is 5.98. The first-order chi connectivity index (χ1) is 7.97. The average molecular weight is 261 g/mol. The summed E-state index contributed by atoms with van der Waals surface area (Å²) in [7, 11) is 0. The van der Waals surface area contributed by atoms with Gasteiger partial charge >= 0.3 is 5.97 Å². The molecule has 0 aromatic heterocycles. The minimum absolute atomic E-state index is 0.0750. The van der Waals surface area contributed by atoms with E-state index < -0.39 is 18.2 Å². The zero-order valence-electron chi connectivity index (χ0n) is 9.61. The second-order valence-electron chi connectivity index (χ2n) is 3.60. The Hall–Kier alpha value is -1.13. The highest BCUT2D eigenvalue weighted by molar-refractivity contribution is 6.30. The van der Waals surface area contributed by atoms with Crippen LogP contribution in [0.4, 0.5) is 4.39 Å². The maximum atomic E-state index is 13.6. The Labute approximate surface area is 104 Å². The van der Waals surface area contributed by atoms with Gasteiger partial charge < -0.3 is 9.84 Å². The van der Waals surface area contributed by atoms with E-state index in [0.717, 1.165) is 0 Å². The number of hydrogen-bond acceptors (Lipinski definition) is 3. The zero-order valence-corrected chi connectivity index (χ0v) is 10.4. The van der Waals surface area contributed by atoms with Gasteiger partial charge in [0.15, 0.2) is 0 Å². The molecule has 0 saturated carbocycles. The second-order valence-corrected chi connectivity index (χ2v) is 4.04. The molecule has 1 aromatic carbocycles. The largest absolute Gasteiger partial charge is 0.464 e. The van der Waals surface area contributed by atoms with Gasteiger partial charge in [-0.25, -0.2) is 9.18 Å². The summed E-state index contributed by atoms with van der Waals surface area (Å²) in [5, 5.41) is 10.2. The van der Waals surface area contributed by atoms with Crippen LogP contribution in [0.2, 0.25) is 5.02 Å². The monoisotopic (exact) mass is 260 g/mol. The normalized spacial score (nSPS) is 14.2. The Bertz CT molecular complexity index is 409. The number of esters is 1. The van der Waals surface area contributed by atoms with Gasteiger partial charge in [0.05, 0.1) is 6.61 Å². The molecule has 0 aliphatic carbocycles. The molecule has 94 valence electrons. The number of carbonyl (C=O) groups is 1. The number of aliphatic hydroxyl groups is 1. The Morgan fingerprint density at radius 1 is 1.59 bits per heavy atom. The van der Waals surface area contributed by atoms with Crippen molar-refractivity contribution in [1.82, 2.24) is 0 Å². The number of carbonyl (C=O) groups excluding carboxylic acids is 1. The van der Waals surface area contributed by atoms with Crippen molar-refractivity contribution >= 4 is 17.6 Å². The molecule has 0 radical (unpaired) electrons. The molecule has 5 heteroatoms. The molecule has 1 aromatic rings. The van der Waals surface area contributed by atoms with E-state index in [4.69, 9.17) is 11.6 Å².